The highest BCUT2D eigenvalue weighted by atomic mass is 35.5. The van der Waals surface area contributed by atoms with E-state index < -0.39 is 0 Å². The minimum absolute atomic E-state index is 0.153. The van der Waals surface area contributed by atoms with Gasteiger partial charge in [0, 0.05) is 23.9 Å². The number of benzene rings is 1. The molecule has 1 aromatic rings. The molecule has 1 saturated heterocycles. The van der Waals surface area contributed by atoms with Crippen LogP contribution in [0.2, 0.25) is 5.02 Å². The average molecular weight is 230 g/mol. The molecule has 0 aromatic heterocycles. The Kier molecular flexibility index (Phi) is 2.70. The van der Waals surface area contributed by atoms with Crippen LogP contribution < -0.4 is 5.32 Å². The predicted molar refractivity (Wildman–Crippen MR) is 59.4 cm³/mol. The van der Waals surface area contributed by atoms with Crippen LogP contribution in [0.5, 0.6) is 0 Å². The summed E-state index contributed by atoms with van der Waals surface area (Å²) in [7, 11) is 0. The second kappa shape index (κ2) is 3.83. The number of thiocarbonyl (C=S) groups is 1. The van der Waals surface area contributed by atoms with Crippen LogP contribution in [-0.2, 0) is 0 Å². The summed E-state index contributed by atoms with van der Waals surface area (Å²) in [4.78, 5) is 0.810. The van der Waals surface area contributed by atoms with Gasteiger partial charge in [-0.3, -0.25) is 0 Å². The monoisotopic (exact) mass is 229 g/mol. The summed E-state index contributed by atoms with van der Waals surface area (Å²) >= 11 is 10.7. The number of hydrogen-bond donors (Lipinski definition) is 1. The first-order valence-corrected chi connectivity index (χ1v) is 5.17. The molecular weight excluding hydrogens is 221 g/mol. The third kappa shape index (κ3) is 1.88. The summed E-state index contributed by atoms with van der Waals surface area (Å²) in [5.41, 5.74) is 0.696. The Balaban J connectivity index is 2.28. The Morgan fingerprint density at radius 2 is 2.29 bits per heavy atom. The zero-order chi connectivity index (χ0) is 10.1. The van der Waals surface area contributed by atoms with Crippen LogP contribution in [0.15, 0.2) is 18.2 Å². The van der Waals surface area contributed by atoms with E-state index in [1.807, 2.05) is 0 Å². The molecule has 2 rings (SSSR count). The Bertz CT molecular complexity index is 380. The lowest BCUT2D eigenvalue weighted by molar-refractivity contribution is 0.589. The SMILES string of the molecule is Fc1cc(Cl)ccc1[C@@H]1CNC(=S)C1. The van der Waals surface area contributed by atoms with E-state index in [2.05, 4.69) is 5.32 Å². The van der Waals surface area contributed by atoms with Crippen molar-refractivity contribution < 1.29 is 4.39 Å². The van der Waals surface area contributed by atoms with Crippen molar-refractivity contribution in [3.05, 3.63) is 34.6 Å². The third-order valence-corrected chi connectivity index (χ3v) is 2.93. The van der Waals surface area contributed by atoms with Crippen molar-refractivity contribution in [2.24, 2.45) is 0 Å². The number of nitrogens with one attached hydrogen (secondary N) is 1. The molecule has 1 aromatic carbocycles. The summed E-state index contributed by atoms with van der Waals surface area (Å²) in [6.07, 6.45) is 0.730. The lowest BCUT2D eigenvalue weighted by Crippen LogP contribution is -2.12. The molecule has 4 heteroatoms. The van der Waals surface area contributed by atoms with E-state index >= 15 is 0 Å². The van der Waals surface area contributed by atoms with Crippen LogP contribution in [0.4, 0.5) is 4.39 Å². The molecule has 1 heterocycles. The molecule has 1 aliphatic rings. The van der Waals surface area contributed by atoms with Crippen molar-refractivity contribution in [3.8, 4) is 0 Å². The van der Waals surface area contributed by atoms with Crippen molar-refractivity contribution in [3.63, 3.8) is 0 Å². The second-order valence-corrected chi connectivity index (χ2v) is 4.30. The molecule has 0 bridgehead atoms. The van der Waals surface area contributed by atoms with Gasteiger partial charge in [-0.05, 0) is 17.7 Å². The normalized spacial score (nSPS) is 21.0. The molecule has 1 aliphatic heterocycles. The Morgan fingerprint density at radius 1 is 1.50 bits per heavy atom. The summed E-state index contributed by atoms with van der Waals surface area (Å²) in [5.74, 6) is -0.0891. The zero-order valence-electron chi connectivity index (χ0n) is 7.39. The highest BCUT2D eigenvalue weighted by Gasteiger charge is 2.22. The smallest absolute Gasteiger partial charge is 0.128 e. The standard InChI is InChI=1S/C10H9ClFNS/c11-7-1-2-8(9(12)4-7)6-3-10(14)13-5-6/h1-2,4,6H,3,5H2,(H,13,14)/t6-/m0/s1. The highest BCUT2D eigenvalue weighted by molar-refractivity contribution is 7.80. The van der Waals surface area contributed by atoms with Gasteiger partial charge in [-0.2, -0.15) is 0 Å². The fraction of sp³-hybridized carbons (Fsp3) is 0.300. The quantitative estimate of drug-likeness (QED) is 0.744. The first-order valence-electron chi connectivity index (χ1n) is 4.38. The van der Waals surface area contributed by atoms with Crippen LogP contribution in [0.25, 0.3) is 0 Å². The molecule has 0 unspecified atom stereocenters. The maximum Gasteiger partial charge on any atom is 0.128 e. The number of halogens is 2. The molecule has 1 atom stereocenters. The summed E-state index contributed by atoms with van der Waals surface area (Å²) < 4.78 is 13.5. The molecule has 0 spiro atoms. The summed E-state index contributed by atoms with van der Waals surface area (Å²) in [5, 5.41) is 3.47. The molecule has 14 heavy (non-hydrogen) atoms. The third-order valence-electron chi connectivity index (χ3n) is 2.38. The predicted octanol–water partition coefficient (Wildman–Crippen LogP) is 2.88. The van der Waals surface area contributed by atoms with E-state index in [-0.39, 0.29) is 11.7 Å². The molecular formula is C10H9ClFNS. The van der Waals surface area contributed by atoms with Gasteiger partial charge in [-0.1, -0.05) is 29.9 Å². The summed E-state index contributed by atoms with van der Waals surface area (Å²) in [6, 6.07) is 4.79. The van der Waals surface area contributed by atoms with Crippen LogP contribution in [0.1, 0.15) is 17.9 Å². The number of rotatable bonds is 1. The van der Waals surface area contributed by atoms with E-state index in [0.29, 0.717) is 10.6 Å². The van der Waals surface area contributed by atoms with Gasteiger partial charge in [0.15, 0.2) is 0 Å². The second-order valence-electron chi connectivity index (χ2n) is 3.37. The van der Waals surface area contributed by atoms with Crippen molar-refractivity contribution in [1.29, 1.82) is 0 Å². The number of hydrogen-bond acceptors (Lipinski definition) is 1. The van der Waals surface area contributed by atoms with Gasteiger partial charge < -0.3 is 5.32 Å². The molecule has 1 N–H and O–H groups in total. The molecule has 1 nitrogen and oxygen atoms in total. The van der Waals surface area contributed by atoms with Crippen molar-refractivity contribution in [2.45, 2.75) is 12.3 Å². The van der Waals surface area contributed by atoms with Gasteiger partial charge in [0.25, 0.3) is 0 Å². The van der Waals surface area contributed by atoms with Crippen LogP contribution in [0.3, 0.4) is 0 Å². The minimum Gasteiger partial charge on any atom is -0.379 e. The molecule has 0 saturated carbocycles. The highest BCUT2D eigenvalue weighted by Crippen LogP contribution is 2.27. The maximum atomic E-state index is 13.5. The minimum atomic E-state index is -0.242. The van der Waals surface area contributed by atoms with E-state index in [4.69, 9.17) is 23.8 Å². The largest absolute Gasteiger partial charge is 0.379 e. The summed E-state index contributed by atoms with van der Waals surface area (Å²) in [6.45, 7) is 0.720. The van der Waals surface area contributed by atoms with Gasteiger partial charge >= 0.3 is 0 Å². The van der Waals surface area contributed by atoms with E-state index in [0.717, 1.165) is 18.0 Å². The van der Waals surface area contributed by atoms with Gasteiger partial charge in [0.1, 0.15) is 5.82 Å². The van der Waals surface area contributed by atoms with Crippen LogP contribution >= 0.6 is 23.8 Å². The molecule has 0 radical (unpaired) electrons. The van der Waals surface area contributed by atoms with Crippen molar-refractivity contribution in [2.75, 3.05) is 6.54 Å². The van der Waals surface area contributed by atoms with Crippen molar-refractivity contribution >= 4 is 28.8 Å². The topological polar surface area (TPSA) is 12.0 Å². The Labute approximate surface area is 92.3 Å². The van der Waals surface area contributed by atoms with Gasteiger partial charge in [-0.15, -0.1) is 0 Å². The van der Waals surface area contributed by atoms with Gasteiger partial charge in [0.05, 0.1) is 4.99 Å². The fourth-order valence-electron chi connectivity index (χ4n) is 1.66. The molecule has 0 aliphatic carbocycles. The maximum absolute atomic E-state index is 13.5. The average Bonchev–Trinajstić information content (AvgIpc) is 2.51. The van der Waals surface area contributed by atoms with Gasteiger partial charge in [0.2, 0.25) is 0 Å². The van der Waals surface area contributed by atoms with E-state index in [1.54, 1.807) is 12.1 Å². The van der Waals surface area contributed by atoms with Crippen LogP contribution in [0, 0.1) is 5.82 Å². The van der Waals surface area contributed by atoms with E-state index in [9.17, 15) is 4.39 Å². The zero-order valence-corrected chi connectivity index (χ0v) is 8.96. The van der Waals surface area contributed by atoms with Crippen LogP contribution in [-0.4, -0.2) is 11.5 Å². The first kappa shape index (κ1) is 9.87. The Morgan fingerprint density at radius 3 is 2.86 bits per heavy atom. The van der Waals surface area contributed by atoms with Gasteiger partial charge in [-0.25, -0.2) is 4.39 Å². The first-order chi connectivity index (χ1) is 6.66. The molecule has 74 valence electrons. The van der Waals surface area contributed by atoms with Crippen molar-refractivity contribution in [1.82, 2.24) is 5.32 Å². The van der Waals surface area contributed by atoms with E-state index in [1.165, 1.54) is 6.07 Å². The lowest BCUT2D eigenvalue weighted by Gasteiger charge is -2.08. The molecule has 1 fully saturated rings. The molecule has 0 amide bonds. The fourth-order valence-corrected chi connectivity index (χ4v) is 2.10. The lowest BCUT2D eigenvalue weighted by atomic mass is 9.98. The Hall–Kier alpha value is -0.670.